The van der Waals surface area contributed by atoms with Gasteiger partial charge in [0.25, 0.3) is 0 Å². The fourth-order valence-corrected chi connectivity index (χ4v) is 4.27. The Labute approximate surface area is 176 Å². The second kappa shape index (κ2) is 9.51. The van der Waals surface area contributed by atoms with Crippen molar-refractivity contribution in [2.75, 3.05) is 6.61 Å². The van der Waals surface area contributed by atoms with E-state index in [1.165, 1.54) is 16.7 Å². The molecule has 1 aliphatic heterocycles. The minimum atomic E-state index is 0.218. The van der Waals surface area contributed by atoms with Crippen molar-refractivity contribution < 1.29 is 4.74 Å². The normalized spacial score (nSPS) is 19.6. The number of nitrogens with one attached hydrogen (secondary N) is 1. The van der Waals surface area contributed by atoms with Gasteiger partial charge >= 0.3 is 0 Å². The fourth-order valence-electron chi connectivity index (χ4n) is 4.00. The first kappa shape index (κ1) is 19.4. The topological polar surface area (TPSA) is 21.3 Å². The first-order valence-electron chi connectivity index (χ1n) is 9.99. The molecule has 2 nitrogen and oxygen atoms in total. The highest BCUT2D eigenvalue weighted by Gasteiger charge is 2.30. The number of rotatable bonds is 6. The molecule has 144 valence electrons. The number of benzene rings is 3. The van der Waals surface area contributed by atoms with Crippen LogP contribution < -0.4 is 5.32 Å². The summed E-state index contributed by atoms with van der Waals surface area (Å²) in [6, 6.07) is 30.4. The maximum absolute atomic E-state index is 6.40. The molecule has 0 radical (unpaired) electrons. The highest BCUT2D eigenvalue weighted by molar-refractivity contribution is 9.10. The molecule has 1 aliphatic rings. The monoisotopic (exact) mass is 435 g/mol. The third kappa shape index (κ3) is 4.91. The van der Waals surface area contributed by atoms with Gasteiger partial charge in [0.1, 0.15) is 0 Å². The van der Waals surface area contributed by atoms with Gasteiger partial charge in [-0.25, -0.2) is 0 Å². The molecule has 1 saturated heterocycles. The van der Waals surface area contributed by atoms with Gasteiger partial charge in [-0.3, -0.25) is 0 Å². The van der Waals surface area contributed by atoms with Gasteiger partial charge in [-0.2, -0.15) is 0 Å². The minimum Gasteiger partial charge on any atom is -0.376 e. The molecule has 0 bridgehead atoms. The molecule has 1 heterocycles. The lowest BCUT2D eigenvalue weighted by Gasteiger charge is -2.35. The Morgan fingerprint density at radius 3 is 1.96 bits per heavy atom. The molecule has 2 unspecified atom stereocenters. The van der Waals surface area contributed by atoms with Crippen LogP contribution >= 0.6 is 15.9 Å². The summed E-state index contributed by atoms with van der Waals surface area (Å²) in [5.41, 5.74) is 3.97. The molecule has 0 aromatic heterocycles. The molecule has 3 heteroatoms. The molecule has 2 atom stereocenters. The van der Waals surface area contributed by atoms with E-state index in [0.717, 1.165) is 30.5 Å². The van der Waals surface area contributed by atoms with E-state index >= 15 is 0 Å². The molecule has 4 rings (SSSR count). The molecule has 0 aliphatic carbocycles. The Morgan fingerprint density at radius 2 is 1.43 bits per heavy atom. The van der Waals surface area contributed by atoms with E-state index < -0.39 is 0 Å². The van der Waals surface area contributed by atoms with Crippen molar-refractivity contribution in [2.45, 2.75) is 37.5 Å². The van der Waals surface area contributed by atoms with E-state index in [1.807, 2.05) is 0 Å². The van der Waals surface area contributed by atoms with Crippen LogP contribution in [0.1, 0.15) is 35.4 Å². The van der Waals surface area contributed by atoms with Crippen LogP contribution in [0.15, 0.2) is 89.4 Å². The quantitative estimate of drug-likeness (QED) is 0.518. The number of ether oxygens (including phenoxy) is 1. The summed E-state index contributed by atoms with van der Waals surface area (Å²) in [4.78, 5) is 0. The van der Waals surface area contributed by atoms with E-state index in [1.54, 1.807) is 0 Å². The van der Waals surface area contributed by atoms with Crippen molar-refractivity contribution >= 4 is 15.9 Å². The van der Waals surface area contributed by atoms with E-state index in [9.17, 15) is 0 Å². The van der Waals surface area contributed by atoms with Crippen LogP contribution in [0, 0.1) is 0 Å². The van der Waals surface area contributed by atoms with Crippen LogP contribution in [0.2, 0.25) is 0 Å². The average Bonchev–Trinajstić information content (AvgIpc) is 2.76. The van der Waals surface area contributed by atoms with Crippen molar-refractivity contribution in [1.82, 2.24) is 5.32 Å². The average molecular weight is 436 g/mol. The highest BCUT2D eigenvalue weighted by Crippen LogP contribution is 2.34. The first-order chi connectivity index (χ1) is 13.8. The Morgan fingerprint density at radius 1 is 0.821 bits per heavy atom. The highest BCUT2D eigenvalue weighted by atomic mass is 79.9. The van der Waals surface area contributed by atoms with Gasteiger partial charge in [0, 0.05) is 23.0 Å². The summed E-state index contributed by atoms with van der Waals surface area (Å²) < 4.78 is 7.52. The van der Waals surface area contributed by atoms with E-state index in [-0.39, 0.29) is 12.0 Å². The lowest BCUT2D eigenvalue weighted by Crippen LogP contribution is -2.41. The van der Waals surface area contributed by atoms with Crippen molar-refractivity contribution in [2.24, 2.45) is 0 Å². The number of halogens is 1. The van der Waals surface area contributed by atoms with Crippen LogP contribution in [-0.2, 0) is 11.3 Å². The lowest BCUT2D eigenvalue weighted by molar-refractivity contribution is -0.0116. The maximum atomic E-state index is 6.40. The Kier molecular flexibility index (Phi) is 6.58. The SMILES string of the molecule is Brc1ccc(CNC2CCC(C(c3ccccc3)c3ccccc3)OC2)cc1. The first-order valence-corrected chi connectivity index (χ1v) is 10.8. The molecule has 1 N–H and O–H groups in total. The predicted molar refractivity (Wildman–Crippen MR) is 118 cm³/mol. The number of hydrogen-bond donors (Lipinski definition) is 1. The Balaban J connectivity index is 1.40. The van der Waals surface area contributed by atoms with Gasteiger partial charge < -0.3 is 10.1 Å². The second-order valence-corrected chi connectivity index (χ2v) is 8.37. The van der Waals surface area contributed by atoms with Gasteiger partial charge in [0.2, 0.25) is 0 Å². The molecule has 0 saturated carbocycles. The summed E-state index contributed by atoms with van der Waals surface area (Å²) in [5.74, 6) is 0.287. The standard InChI is InChI=1S/C25H26BrNO/c26-22-13-11-19(12-14-22)17-27-23-15-16-24(28-18-23)25(20-7-3-1-4-8-20)21-9-5-2-6-10-21/h1-14,23-25,27H,15-18H2. The largest absolute Gasteiger partial charge is 0.376 e. The van der Waals surface area contributed by atoms with Crippen LogP contribution in [0.4, 0.5) is 0 Å². The summed E-state index contributed by atoms with van der Waals surface area (Å²) in [6.07, 6.45) is 2.42. The third-order valence-corrected chi connectivity index (χ3v) is 6.04. The Bertz CT molecular complexity index is 803. The van der Waals surface area contributed by atoms with Gasteiger partial charge in [-0.05, 0) is 41.7 Å². The molecule has 28 heavy (non-hydrogen) atoms. The summed E-state index contributed by atoms with van der Waals surface area (Å²) in [5, 5.41) is 3.66. The minimum absolute atomic E-state index is 0.218. The zero-order chi connectivity index (χ0) is 19.2. The van der Waals surface area contributed by atoms with E-state index in [2.05, 4.69) is 106 Å². The van der Waals surface area contributed by atoms with Crippen LogP contribution in [0.5, 0.6) is 0 Å². The zero-order valence-corrected chi connectivity index (χ0v) is 17.5. The molecular formula is C25H26BrNO. The fraction of sp³-hybridized carbons (Fsp3) is 0.280. The van der Waals surface area contributed by atoms with Crippen molar-refractivity contribution in [3.05, 3.63) is 106 Å². The maximum Gasteiger partial charge on any atom is 0.0685 e. The molecule has 0 amide bonds. The molecule has 0 spiro atoms. The Hall–Kier alpha value is -1.94. The third-order valence-electron chi connectivity index (χ3n) is 5.51. The van der Waals surface area contributed by atoms with Crippen LogP contribution in [0.25, 0.3) is 0 Å². The predicted octanol–water partition coefficient (Wildman–Crippen LogP) is 5.92. The van der Waals surface area contributed by atoms with Gasteiger partial charge in [-0.1, -0.05) is 88.7 Å². The molecule has 3 aromatic carbocycles. The van der Waals surface area contributed by atoms with E-state index in [0.29, 0.717) is 6.04 Å². The van der Waals surface area contributed by atoms with Crippen molar-refractivity contribution in [3.8, 4) is 0 Å². The molecule has 3 aromatic rings. The smallest absolute Gasteiger partial charge is 0.0685 e. The van der Waals surface area contributed by atoms with Gasteiger partial charge in [0.15, 0.2) is 0 Å². The van der Waals surface area contributed by atoms with Gasteiger partial charge in [0.05, 0.1) is 12.7 Å². The summed E-state index contributed by atoms with van der Waals surface area (Å²) in [6.45, 7) is 1.64. The van der Waals surface area contributed by atoms with Crippen molar-refractivity contribution in [1.29, 1.82) is 0 Å². The lowest BCUT2D eigenvalue weighted by atomic mass is 9.83. The number of hydrogen-bond acceptors (Lipinski definition) is 2. The van der Waals surface area contributed by atoms with Crippen LogP contribution in [0.3, 0.4) is 0 Å². The second-order valence-electron chi connectivity index (χ2n) is 7.45. The van der Waals surface area contributed by atoms with Crippen molar-refractivity contribution in [3.63, 3.8) is 0 Å². The molecule has 1 fully saturated rings. The van der Waals surface area contributed by atoms with E-state index in [4.69, 9.17) is 4.74 Å². The summed E-state index contributed by atoms with van der Waals surface area (Å²) in [7, 11) is 0. The zero-order valence-electron chi connectivity index (χ0n) is 15.9. The van der Waals surface area contributed by atoms with Crippen LogP contribution in [-0.4, -0.2) is 18.8 Å². The molecular weight excluding hydrogens is 410 g/mol. The van der Waals surface area contributed by atoms with Gasteiger partial charge in [-0.15, -0.1) is 0 Å². The summed E-state index contributed by atoms with van der Waals surface area (Å²) >= 11 is 3.49.